The molecule has 1 fully saturated rings. The van der Waals surface area contributed by atoms with Gasteiger partial charge in [0.1, 0.15) is 0 Å². The number of rotatable bonds is 4. The third-order valence-corrected chi connectivity index (χ3v) is 5.68. The van der Waals surface area contributed by atoms with Crippen LogP contribution < -0.4 is 0 Å². The molecule has 0 radical (unpaired) electrons. The van der Waals surface area contributed by atoms with Gasteiger partial charge in [0.2, 0.25) is 15.8 Å². The van der Waals surface area contributed by atoms with Crippen LogP contribution in [0.5, 0.6) is 0 Å². The van der Waals surface area contributed by atoms with Crippen molar-refractivity contribution in [1.29, 1.82) is 0 Å². The molecule has 0 bridgehead atoms. The standard InChI is InChI=1S/C17H19N5O3S/c1-12-6-3-9-15(18-12)22-17(13-7-4-10-21(13)26(2,23)24)19-16(20-22)14-8-5-11-25-14/h3,5-6,8-9,11,13H,4,7,10H2,1-2H3/t13-/m0/s1. The van der Waals surface area contributed by atoms with Gasteiger partial charge in [-0.2, -0.15) is 8.99 Å². The Morgan fingerprint density at radius 2 is 2.04 bits per heavy atom. The lowest BCUT2D eigenvalue weighted by atomic mass is 10.2. The summed E-state index contributed by atoms with van der Waals surface area (Å²) < 4.78 is 32.9. The molecule has 0 unspecified atom stereocenters. The number of hydrogen-bond acceptors (Lipinski definition) is 6. The molecule has 0 aromatic carbocycles. The molecule has 0 aliphatic carbocycles. The lowest BCUT2D eigenvalue weighted by Crippen LogP contribution is -2.31. The van der Waals surface area contributed by atoms with E-state index in [0.717, 1.165) is 12.1 Å². The topological polar surface area (TPSA) is 94.1 Å². The van der Waals surface area contributed by atoms with Crippen molar-refractivity contribution >= 4 is 10.0 Å². The van der Waals surface area contributed by atoms with Crippen LogP contribution in [0.1, 0.15) is 30.4 Å². The van der Waals surface area contributed by atoms with Gasteiger partial charge in [-0.1, -0.05) is 6.07 Å². The number of aryl methyl sites for hydroxylation is 1. The first-order valence-electron chi connectivity index (χ1n) is 8.35. The maximum absolute atomic E-state index is 12.2. The fourth-order valence-electron chi connectivity index (χ4n) is 3.26. The van der Waals surface area contributed by atoms with Gasteiger partial charge in [0.15, 0.2) is 17.4 Å². The van der Waals surface area contributed by atoms with Crippen LogP contribution in [-0.4, -0.2) is 45.3 Å². The van der Waals surface area contributed by atoms with Gasteiger partial charge < -0.3 is 4.42 Å². The van der Waals surface area contributed by atoms with Crippen molar-refractivity contribution in [2.45, 2.75) is 25.8 Å². The van der Waals surface area contributed by atoms with Crippen molar-refractivity contribution < 1.29 is 12.8 Å². The van der Waals surface area contributed by atoms with Crippen LogP contribution in [0.25, 0.3) is 17.4 Å². The molecule has 0 N–H and O–H groups in total. The lowest BCUT2D eigenvalue weighted by molar-refractivity contribution is 0.381. The second-order valence-electron chi connectivity index (χ2n) is 6.35. The van der Waals surface area contributed by atoms with Crippen molar-refractivity contribution in [1.82, 2.24) is 24.1 Å². The summed E-state index contributed by atoms with van der Waals surface area (Å²) in [6, 6.07) is 8.78. The van der Waals surface area contributed by atoms with Crippen LogP contribution in [0.4, 0.5) is 0 Å². The van der Waals surface area contributed by atoms with Crippen LogP contribution in [0.2, 0.25) is 0 Å². The van der Waals surface area contributed by atoms with E-state index in [2.05, 4.69) is 15.1 Å². The molecule has 1 atom stereocenters. The van der Waals surface area contributed by atoms with Crippen molar-refractivity contribution in [3.8, 4) is 17.4 Å². The third kappa shape index (κ3) is 3.04. The van der Waals surface area contributed by atoms with Gasteiger partial charge in [0, 0.05) is 12.2 Å². The molecule has 1 aliphatic rings. The summed E-state index contributed by atoms with van der Waals surface area (Å²) >= 11 is 0. The average Bonchev–Trinajstić information content (AvgIpc) is 3.32. The van der Waals surface area contributed by atoms with Crippen LogP contribution in [0.15, 0.2) is 41.0 Å². The van der Waals surface area contributed by atoms with Gasteiger partial charge in [-0.3, -0.25) is 0 Å². The molecule has 3 aromatic heterocycles. The molecule has 1 saturated heterocycles. The van der Waals surface area contributed by atoms with Crippen LogP contribution >= 0.6 is 0 Å². The highest BCUT2D eigenvalue weighted by atomic mass is 32.2. The van der Waals surface area contributed by atoms with Gasteiger partial charge in [0.05, 0.1) is 18.6 Å². The minimum Gasteiger partial charge on any atom is -0.461 e. The summed E-state index contributed by atoms with van der Waals surface area (Å²) in [7, 11) is -3.34. The van der Waals surface area contributed by atoms with Gasteiger partial charge in [-0.05, 0) is 44.0 Å². The number of pyridine rings is 1. The maximum atomic E-state index is 12.2. The van der Waals surface area contributed by atoms with E-state index in [1.54, 1.807) is 23.1 Å². The van der Waals surface area contributed by atoms with E-state index in [0.29, 0.717) is 36.2 Å². The molecule has 4 rings (SSSR count). The number of aromatic nitrogens is 4. The molecule has 0 amide bonds. The summed E-state index contributed by atoms with van der Waals surface area (Å²) in [5, 5.41) is 4.55. The Morgan fingerprint density at radius 1 is 1.19 bits per heavy atom. The van der Waals surface area contributed by atoms with Crippen molar-refractivity contribution in [3.05, 3.63) is 48.1 Å². The highest BCUT2D eigenvalue weighted by Crippen LogP contribution is 2.34. The fourth-order valence-corrected chi connectivity index (χ4v) is 4.38. The smallest absolute Gasteiger partial charge is 0.217 e. The molecule has 1 aliphatic heterocycles. The van der Waals surface area contributed by atoms with Crippen molar-refractivity contribution in [2.24, 2.45) is 0 Å². The van der Waals surface area contributed by atoms with Crippen LogP contribution in [-0.2, 0) is 10.0 Å². The Hall–Kier alpha value is -2.52. The summed E-state index contributed by atoms with van der Waals surface area (Å²) in [5.41, 5.74) is 0.842. The quantitative estimate of drug-likeness (QED) is 0.697. The zero-order chi connectivity index (χ0) is 18.3. The second kappa shape index (κ2) is 6.33. The normalized spacial score (nSPS) is 18.5. The van der Waals surface area contributed by atoms with Gasteiger partial charge in [-0.15, -0.1) is 5.10 Å². The first-order valence-corrected chi connectivity index (χ1v) is 10.2. The first-order chi connectivity index (χ1) is 12.4. The predicted octanol–water partition coefficient (Wildman–Crippen LogP) is 2.33. The average molecular weight is 373 g/mol. The Morgan fingerprint density at radius 3 is 2.73 bits per heavy atom. The Kier molecular flexibility index (Phi) is 4.12. The van der Waals surface area contributed by atoms with E-state index in [4.69, 9.17) is 4.42 Å². The highest BCUT2D eigenvalue weighted by molar-refractivity contribution is 7.88. The van der Waals surface area contributed by atoms with Crippen molar-refractivity contribution in [2.75, 3.05) is 12.8 Å². The van der Waals surface area contributed by atoms with E-state index >= 15 is 0 Å². The molecular weight excluding hydrogens is 354 g/mol. The molecule has 8 nitrogen and oxygen atoms in total. The maximum Gasteiger partial charge on any atom is 0.217 e. The van der Waals surface area contributed by atoms with Crippen LogP contribution in [0, 0.1) is 6.92 Å². The number of nitrogens with zero attached hydrogens (tertiary/aromatic N) is 5. The Bertz CT molecular complexity index is 1030. The van der Waals surface area contributed by atoms with E-state index in [-0.39, 0.29) is 6.04 Å². The molecule has 0 spiro atoms. The zero-order valence-corrected chi connectivity index (χ0v) is 15.3. The molecule has 9 heteroatoms. The van der Waals surface area contributed by atoms with Gasteiger partial charge in [0.25, 0.3) is 0 Å². The third-order valence-electron chi connectivity index (χ3n) is 4.39. The highest BCUT2D eigenvalue weighted by Gasteiger charge is 2.37. The largest absolute Gasteiger partial charge is 0.461 e. The van der Waals surface area contributed by atoms with E-state index < -0.39 is 10.0 Å². The number of sulfonamides is 1. The van der Waals surface area contributed by atoms with E-state index in [1.807, 2.05) is 25.1 Å². The summed E-state index contributed by atoms with van der Waals surface area (Å²) in [6.45, 7) is 2.37. The lowest BCUT2D eigenvalue weighted by Gasteiger charge is -2.21. The molecule has 3 aromatic rings. The summed E-state index contributed by atoms with van der Waals surface area (Å²) in [6.07, 6.45) is 4.25. The Labute approximate surface area is 151 Å². The summed E-state index contributed by atoms with van der Waals surface area (Å²) in [5.74, 6) is 2.10. The minimum atomic E-state index is -3.34. The number of furan rings is 1. The Balaban J connectivity index is 1.87. The summed E-state index contributed by atoms with van der Waals surface area (Å²) in [4.78, 5) is 9.14. The zero-order valence-electron chi connectivity index (χ0n) is 14.5. The molecule has 26 heavy (non-hydrogen) atoms. The van der Waals surface area contributed by atoms with Gasteiger partial charge >= 0.3 is 0 Å². The fraction of sp³-hybridized carbons (Fsp3) is 0.353. The SMILES string of the molecule is Cc1cccc(-n2nc(-c3ccco3)nc2[C@@H]2CCCN2S(C)(=O)=O)n1. The van der Waals surface area contributed by atoms with Crippen LogP contribution in [0.3, 0.4) is 0 Å². The van der Waals surface area contributed by atoms with Crippen molar-refractivity contribution in [3.63, 3.8) is 0 Å². The second-order valence-corrected chi connectivity index (χ2v) is 8.29. The van der Waals surface area contributed by atoms with E-state index in [9.17, 15) is 8.42 Å². The molecule has 0 saturated carbocycles. The predicted molar refractivity (Wildman–Crippen MR) is 95.1 cm³/mol. The first kappa shape index (κ1) is 16.9. The van der Waals surface area contributed by atoms with E-state index in [1.165, 1.54) is 10.6 Å². The monoisotopic (exact) mass is 373 g/mol. The minimum absolute atomic E-state index is 0.372. The number of hydrogen-bond donors (Lipinski definition) is 0. The van der Waals surface area contributed by atoms with Gasteiger partial charge in [-0.25, -0.2) is 18.4 Å². The molecular formula is C17H19N5O3S. The molecule has 4 heterocycles. The molecule has 136 valence electrons.